The first-order valence-electron chi connectivity index (χ1n) is 7.82. The molecule has 0 unspecified atom stereocenters. The van der Waals surface area contributed by atoms with Crippen molar-refractivity contribution in [2.24, 2.45) is 0 Å². The van der Waals surface area contributed by atoms with E-state index in [1.54, 1.807) is 0 Å². The van der Waals surface area contributed by atoms with Crippen molar-refractivity contribution in [2.75, 3.05) is 0 Å². The summed E-state index contributed by atoms with van der Waals surface area (Å²) in [7, 11) is 0. The van der Waals surface area contributed by atoms with Gasteiger partial charge in [-0.15, -0.1) is 0 Å². The van der Waals surface area contributed by atoms with Crippen LogP contribution in [0, 0.1) is 13.8 Å². The van der Waals surface area contributed by atoms with Gasteiger partial charge in [0.25, 0.3) is 0 Å². The minimum atomic E-state index is -0.894. The third kappa shape index (κ3) is 4.26. The molecule has 0 amide bonds. The van der Waals surface area contributed by atoms with Gasteiger partial charge in [-0.05, 0) is 26.0 Å². The predicted octanol–water partition coefficient (Wildman–Crippen LogP) is 1.50. The second-order valence-electron chi connectivity index (χ2n) is 5.45. The largest absolute Gasteiger partial charge is 0.519 e. The standard InChI is InChI=1S/C17H13NO10/c1-8-12(27-16(21)25-8)6-23-14(19)10-3-4-11(18-5-10)15(20)24-7-13-9(2)26-17(22)28-13/h3-5H,6-7H2,1-2H3. The molecular formula is C17H13NO10. The lowest BCUT2D eigenvalue weighted by atomic mass is 10.2. The van der Waals surface area contributed by atoms with Crippen molar-refractivity contribution < 1.29 is 36.7 Å². The molecule has 0 aliphatic heterocycles. The van der Waals surface area contributed by atoms with Gasteiger partial charge < -0.3 is 27.1 Å². The van der Waals surface area contributed by atoms with Gasteiger partial charge in [0.1, 0.15) is 5.69 Å². The summed E-state index contributed by atoms with van der Waals surface area (Å²) in [5.41, 5.74) is -0.00607. The molecule has 0 radical (unpaired) electrons. The summed E-state index contributed by atoms with van der Waals surface area (Å²) >= 11 is 0. The van der Waals surface area contributed by atoms with Crippen molar-refractivity contribution >= 4 is 11.9 Å². The Bertz CT molecular complexity index is 1020. The number of ether oxygens (including phenoxy) is 2. The third-order valence-electron chi connectivity index (χ3n) is 3.55. The van der Waals surface area contributed by atoms with Gasteiger partial charge in [0.2, 0.25) is 0 Å². The van der Waals surface area contributed by atoms with E-state index in [1.165, 1.54) is 26.0 Å². The Morgan fingerprint density at radius 3 is 1.82 bits per heavy atom. The van der Waals surface area contributed by atoms with Crippen LogP contribution >= 0.6 is 0 Å². The third-order valence-corrected chi connectivity index (χ3v) is 3.55. The molecule has 3 aromatic heterocycles. The lowest BCUT2D eigenvalue weighted by molar-refractivity contribution is 0.0424. The fourth-order valence-corrected chi connectivity index (χ4v) is 2.07. The molecule has 0 aliphatic carbocycles. The lowest BCUT2D eigenvalue weighted by Crippen LogP contribution is -2.10. The predicted molar refractivity (Wildman–Crippen MR) is 86.4 cm³/mol. The highest BCUT2D eigenvalue weighted by molar-refractivity contribution is 5.91. The Morgan fingerprint density at radius 1 is 0.857 bits per heavy atom. The molecule has 0 fully saturated rings. The molecule has 3 aromatic rings. The van der Waals surface area contributed by atoms with E-state index in [0.29, 0.717) is 0 Å². The number of aryl methyl sites for hydroxylation is 2. The summed E-state index contributed by atoms with van der Waals surface area (Å²) < 4.78 is 28.7. The van der Waals surface area contributed by atoms with Crippen molar-refractivity contribution in [1.29, 1.82) is 0 Å². The number of pyridine rings is 1. The Balaban J connectivity index is 1.57. The molecule has 3 rings (SSSR count). The van der Waals surface area contributed by atoms with Gasteiger partial charge in [-0.25, -0.2) is 24.2 Å². The molecule has 0 N–H and O–H groups in total. The van der Waals surface area contributed by atoms with Gasteiger partial charge in [0.05, 0.1) is 5.56 Å². The SMILES string of the molecule is Cc1oc(=O)oc1COC(=O)c1ccc(C(=O)OCc2oc(=O)oc2C)nc1. The highest BCUT2D eigenvalue weighted by atomic mass is 16.6. The highest BCUT2D eigenvalue weighted by Gasteiger charge is 2.16. The quantitative estimate of drug-likeness (QED) is 0.562. The summed E-state index contributed by atoms with van der Waals surface area (Å²) in [5.74, 6) is -2.74. The normalized spacial score (nSPS) is 10.6. The number of rotatable bonds is 6. The topological polar surface area (TPSA) is 152 Å². The number of carbonyl (C=O) groups excluding carboxylic acids is 2. The molecule has 0 saturated carbocycles. The molecule has 0 spiro atoms. The van der Waals surface area contributed by atoms with Gasteiger partial charge >= 0.3 is 23.6 Å². The van der Waals surface area contributed by atoms with Crippen LogP contribution in [0.5, 0.6) is 0 Å². The zero-order chi connectivity index (χ0) is 20.3. The van der Waals surface area contributed by atoms with E-state index in [2.05, 4.69) is 13.8 Å². The molecule has 0 saturated heterocycles. The Labute approximate surface area is 155 Å². The average Bonchev–Trinajstić information content (AvgIpc) is 3.17. The van der Waals surface area contributed by atoms with E-state index in [0.717, 1.165) is 6.20 Å². The zero-order valence-corrected chi connectivity index (χ0v) is 14.7. The van der Waals surface area contributed by atoms with Crippen LogP contribution in [0.25, 0.3) is 0 Å². The zero-order valence-electron chi connectivity index (χ0n) is 14.7. The van der Waals surface area contributed by atoms with Crippen LogP contribution in [0.2, 0.25) is 0 Å². The van der Waals surface area contributed by atoms with E-state index in [1.807, 2.05) is 0 Å². The van der Waals surface area contributed by atoms with Crippen molar-refractivity contribution in [3.05, 3.63) is 73.9 Å². The fraction of sp³-hybridized carbons (Fsp3) is 0.235. The van der Waals surface area contributed by atoms with Crippen molar-refractivity contribution in [3.63, 3.8) is 0 Å². The minimum absolute atomic E-state index is 0.0664. The van der Waals surface area contributed by atoms with E-state index < -0.39 is 23.6 Å². The molecule has 0 aliphatic rings. The van der Waals surface area contributed by atoms with Gasteiger partial charge in [-0.1, -0.05) is 0 Å². The Hall–Kier alpha value is -3.89. The van der Waals surface area contributed by atoms with Crippen LogP contribution in [-0.2, 0) is 22.7 Å². The van der Waals surface area contributed by atoms with Gasteiger partial charge in [0.15, 0.2) is 36.3 Å². The number of hydrogen-bond acceptors (Lipinski definition) is 11. The van der Waals surface area contributed by atoms with Crippen molar-refractivity contribution in [1.82, 2.24) is 4.98 Å². The average molecular weight is 391 g/mol. The molecule has 146 valence electrons. The maximum absolute atomic E-state index is 12.0. The lowest BCUT2D eigenvalue weighted by Gasteiger charge is -2.04. The van der Waals surface area contributed by atoms with Gasteiger partial charge in [-0.3, -0.25) is 0 Å². The molecule has 11 nitrogen and oxygen atoms in total. The molecule has 0 bridgehead atoms. The maximum atomic E-state index is 12.0. The van der Waals surface area contributed by atoms with Crippen LogP contribution in [0.15, 0.2) is 45.6 Å². The number of aromatic nitrogens is 1. The van der Waals surface area contributed by atoms with Gasteiger partial charge in [-0.2, -0.15) is 0 Å². The fourth-order valence-electron chi connectivity index (χ4n) is 2.07. The monoisotopic (exact) mass is 391 g/mol. The smallest absolute Gasteiger partial charge is 0.454 e. The first kappa shape index (κ1) is 18.9. The van der Waals surface area contributed by atoms with E-state index in [4.69, 9.17) is 18.3 Å². The van der Waals surface area contributed by atoms with Crippen LogP contribution in [0.3, 0.4) is 0 Å². The summed E-state index contributed by atoms with van der Waals surface area (Å²) in [5, 5.41) is 0. The first-order valence-corrected chi connectivity index (χ1v) is 7.82. The second kappa shape index (κ2) is 7.78. The molecule has 0 aromatic carbocycles. The summed E-state index contributed by atoms with van der Waals surface area (Å²) in [4.78, 5) is 49.7. The van der Waals surface area contributed by atoms with E-state index >= 15 is 0 Å². The van der Waals surface area contributed by atoms with Crippen LogP contribution in [0.4, 0.5) is 0 Å². The number of hydrogen-bond donors (Lipinski definition) is 0. The summed E-state index contributed by atoms with van der Waals surface area (Å²) in [6.45, 7) is 2.38. The van der Waals surface area contributed by atoms with Crippen LogP contribution in [0.1, 0.15) is 43.9 Å². The molecule has 0 atom stereocenters. The van der Waals surface area contributed by atoms with E-state index in [9.17, 15) is 19.2 Å². The molecule has 28 heavy (non-hydrogen) atoms. The van der Waals surface area contributed by atoms with Gasteiger partial charge in [0, 0.05) is 6.20 Å². The molecule has 11 heteroatoms. The Morgan fingerprint density at radius 2 is 1.39 bits per heavy atom. The summed E-state index contributed by atoms with van der Waals surface area (Å²) in [6.07, 6.45) is 1.13. The first-order chi connectivity index (χ1) is 13.3. The minimum Gasteiger partial charge on any atom is -0.454 e. The molecular weight excluding hydrogens is 378 g/mol. The van der Waals surface area contributed by atoms with Crippen LogP contribution < -0.4 is 11.6 Å². The number of carbonyl (C=O) groups is 2. The maximum Gasteiger partial charge on any atom is 0.519 e. The summed E-state index contributed by atoms with van der Waals surface area (Å²) in [6, 6.07) is 2.58. The van der Waals surface area contributed by atoms with E-state index in [-0.39, 0.29) is 47.5 Å². The molecule has 3 heterocycles. The number of nitrogens with zero attached hydrogens (tertiary/aromatic N) is 1. The number of esters is 2. The highest BCUT2D eigenvalue weighted by Crippen LogP contribution is 2.11. The Kier molecular flexibility index (Phi) is 5.25. The van der Waals surface area contributed by atoms with Crippen LogP contribution in [-0.4, -0.2) is 16.9 Å². The van der Waals surface area contributed by atoms with Crippen molar-refractivity contribution in [2.45, 2.75) is 27.1 Å². The second-order valence-corrected chi connectivity index (χ2v) is 5.45. The van der Waals surface area contributed by atoms with Crippen molar-refractivity contribution in [3.8, 4) is 0 Å².